The van der Waals surface area contributed by atoms with Crippen LogP contribution in [0.4, 0.5) is 0 Å². The molecular formula is C54H33N3. The monoisotopic (exact) mass is 723 g/mol. The van der Waals surface area contributed by atoms with Gasteiger partial charge in [-0.3, -0.25) is 0 Å². The van der Waals surface area contributed by atoms with Gasteiger partial charge >= 0.3 is 0 Å². The van der Waals surface area contributed by atoms with Gasteiger partial charge < -0.3 is 4.57 Å². The van der Waals surface area contributed by atoms with E-state index in [2.05, 4.69) is 205 Å². The maximum absolute atomic E-state index is 5.53. The van der Waals surface area contributed by atoms with E-state index in [0.29, 0.717) is 5.82 Å². The van der Waals surface area contributed by atoms with Crippen LogP contribution < -0.4 is 0 Å². The van der Waals surface area contributed by atoms with Crippen molar-refractivity contribution in [1.82, 2.24) is 14.5 Å². The molecule has 0 atom stereocenters. The summed E-state index contributed by atoms with van der Waals surface area (Å²) >= 11 is 0. The second-order valence-corrected chi connectivity index (χ2v) is 14.9. The Kier molecular flexibility index (Phi) is 6.93. The Bertz CT molecular complexity index is 3570. The first-order chi connectivity index (χ1) is 28.3. The van der Waals surface area contributed by atoms with Crippen LogP contribution >= 0.6 is 0 Å². The molecule has 0 bridgehead atoms. The zero-order valence-electron chi connectivity index (χ0n) is 30.9. The minimum Gasteiger partial charge on any atom is -0.309 e. The number of nitrogens with zero attached hydrogens (tertiary/aromatic N) is 3. The Morgan fingerprint density at radius 1 is 0.333 bits per heavy atom. The number of para-hydroxylation sites is 2. The zero-order chi connectivity index (χ0) is 37.5. The molecule has 3 heteroatoms. The molecule has 10 aromatic carbocycles. The second kappa shape index (κ2) is 12.5. The molecule has 0 saturated heterocycles. The predicted octanol–water partition coefficient (Wildman–Crippen LogP) is 14.3. The average Bonchev–Trinajstić information content (AvgIpc) is 3.64. The number of hydrogen-bond donors (Lipinski definition) is 0. The Labute approximate surface area is 328 Å². The lowest BCUT2D eigenvalue weighted by atomic mass is 9.90. The van der Waals surface area contributed by atoms with Crippen LogP contribution in [0.2, 0.25) is 0 Å². The predicted molar refractivity (Wildman–Crippen MR) is 240 cm³/mol. The zero-order valence-corrected chi connectivity index (χ0v) is 30.9. The van der Waals surface area contributed by atoms with Crippen molar-refractivity contribution in [2.24, 2.45) is 0 Å². The van der Waals surface area contributed by atoms with Gasteiger partial charge in [-0.15, -0.1) is 0 Å². The van der Waals surface area contributed by atoms with E-state index in [1.165, 1.54) is 70.3 Å². The Morgan fingerprint density at radius 3 is 1.63 bits per heavy atom. The number of hydrogen-bond acceptors (Lipinski definition) is 2. The van der Waals surface area contributed by atoms with Crippen molar-refractivity contribution in [1.29, 1.82) is 0 Å². The third-order valence-corrected chi connectivity index (χ3v) is 11.7. The van der Waals surface area contributed by atoms with Crippen LogP contribution in [-0.4, -0.2) is 14.5 Å². The molecule has 0 N–H and O–H groups in total. The van der Waals surface area contributed by atoms with Gasteiger partial charge in [0.15, 0.2) is 5.82 Å². The van der Waals surface area contributed by atoms with Crippen molar-refractivity contribution >= 4 is 75.7 Å². The van der Waals surface area contributed by atoms with Gasteiger partial charge in [-0.05, 0) is 79.5 Å². The Hall–Kier alpha value is -7.62. The number of rotatable bonds is 4. The maximum Gasteiger partial charge on any atom is 0.161 e. The first-order valence-corrected chi connectivity index (χ1v) is 19.5. The number of benzene rings is 10. The molecule has 0 saturated carbocycles. The summed E-state index contributed by atoms with van der Waals surface area (Å²) in [6, 6.07) is 71.9. The van der Waals surface area contributed by atoms with Crippen LogP contribution in [0.15, 0.2) is 200 Å². The average molecular weight is 724 g/mol. The van der Waals surface area contributed by atoms with Gasteiger partial charge in [0.25, 0.3) is 0 Å². The van der Waals surface area contributed by atoms with Crippen LogP contribution in [0.3, 0.4) is 0 Å². The second-order valence-electron chi connectivity index (χ2n) is 14.9. The minimum absolute atomic E-state index is 0.706. The summed E-state index contributed by atoms with van der Waals surface area (Å²) in [5, 5.41) is 14.5. The third kappa shape index (κ3) is 4.79. The van der Waals surface area contributed by atoms with Gasteiger partial charge in [0.1, 0.15) is 0 Å². The third-order valence-electron chi connectivity index (χ3n) is 11.7. The highest BCUT2D eigenvalue weighted by Crippen LogP contribution is 2.47. The molecular weight excluding hydrogens is 691 g/mol. The van der Waals surface area contributed by atoms with E-state index in [-0.39, 0.29) is 0 Å². The van der Waals surface area contributed by atoms with E-state index in [1.807, 2.05) is 0 Å². The maximum atomic E-state index is 5.53. The summed E-state index contributed by atoms with van der Waals surface area (Å²) in [5.41, 5.74) is 8.51. The highest BCUT2D eigenvalue weighted by Gasteiger charge is 2.23. The van der Waals surface area contributed by atoms with Crippen molar-refractivity contribution in [2.45, 2.75) is 0 Å². The fourth-order valence-electron chi connectivity index (χ4n) is 9.29. The fourth-order valence-corrected chi connectivity index (χ4v) is 9.29. The molecule has 12 rings (SSSR count). The molecule has 0 aliphatic rings. The minimum atomic E-state index is 0.706. The van der Waals surface area contributed by atoms with Crippen LogP contribution in [0.5, 0.6) is 0 Å². The number of aromatic nitrogens is 3. The van der Waals surface area contributed by atoms with Crippen LogP contribution in [0, 0.1) is 0 Å². The molecule has 3 nitrogen and oxygen atoms in total. The largest absolute Gasteiger partial charge is 0.309 e. The molecule has 0 amide bonds. The summed E-state index contributed by atoms with van der Waals surface area (Å²) in [5.74, 6) is 0.706. The lowest BCUT2D eigenvalue weighted by molar-refractivity contribution is 1.19. The molecule has 0 aliphatic carbocycles. The molecule has 57 heavy (non-hydrogen) atoms. The Morgan fingerprint density at radius 2 is 0.877 bits per heavy atom. The van der Waals surface area contributed by atoms with E-state index in [4.69, 9.17) is 9.97 Å². The molecule has 12 aromatic rings. The molecule has 0 fully saturated rings. The summed E-state index contributed by atoms with van der Waals surface area (Å²) in [4.78, 5) is 11.0. The fraction of sp³-hybridized carbons (Fsp3) is 0. The van der Waals surface area contributed by atoms with Crippen LogP contribution in [0.1, 0.15) is 0 Å². The van der Waals surface area contributed by atoms with E-state index in [9.17, 15) is 0 Å². The van der Waals surface area contributed by atoms with Crippen LogP contribution in [-0.2, 0) is 0 Å². The molecule has 2 aromatic heterocycles. The molecule has 2 heterocycles. The quantitative estimate of drug-likeness (QED) is 0.169. The number of fused-ring (bicyclic) bond motifs is 13. The van der Waals surface area contributed by atoms with Gasteiger partial charge in [0, 0.05) is 43.9 Å². The first kappa shape index (κ1) is 31.7. The first-order valence-electron chi connectivity index (χ1n) is 19.5. The van der Waals surface area contributed by atoms with Crippen molar-refractivity contribution in [3.63, 3.8) is 0 Å². The van der Waals surface area contributed by atoms with Crippen molar-refractivity contribution < 1.29 is 0 Å². The topological polar surface area (TPSA) is 30.7 Å². The molecule has 264 valence electrons. The highest BCUT2D eigenvalue weighted by molar-refractivity contribution is 6.38. The smallest absolute Gasteiger partial charge is 0.161 e. The SMILES string of the molecule is c1ccc(-c2cc(-c3cc4ccccc4c4ccccc34)nc(-c3cc4c5ccccc5c5c(c6ccccc6n5-c5ccccc5)c4c4ccccc34)n2)cc1. The van der Waals surface area contributed by atoms with Gasteiger partial charge in [-0.2, -0.15) is 0 Å². The van der Waals surface area contributed by atoms with Gasteiger partial charge in [-0.25, -0.2) is 9.97 Å². The standard InChI is InChI=1S/C54H33N3/c1-3-17-34(18-4-1)48-33-49(45-31-35-19-7-8-22-37(35)38-23-9-10-24-39(38)45)56-54(55-48)47-32-46-41-26-12-14-28-43(41)53-52(51(46)42-27-13-11-25-40(42)47)44-29-15-16-30-50(44)57(53)36-20-5-2-6-21-36/h1-33H. The Balaban J connectivity index is 1.23. The van der Waals surface area contributed by atoms with Gasteiger partial charge in [0.05, 0.1) is 22.4 Å². The van der Waals surface area contributed by atoms with Gasteiger partial charge in [0.2, 0.25) is 0 Å². The normalized spacial score (nSPS) is 11.9. The van der Waals surface area contributed by atoms with Crippen molar-refractivity contribution in [3.05, 3.63) is 200 Å². The van der Waals surface area contributed by atoms with E-state index in [1.54, 1.807) is 0 Å². The summed E-state index contributed by atoms with van der Waals surface area (Å²) in [7, 11) is 0. The van der Waals surface area contributed by atoms with Crippen LogP contribution in [0.25, 0.3) is 115 Å². The van der Waals surface area contributed by atoms with Crippen molar-refractivity contribution in [2.75, 3.05) is 0 Å². The molecule has 0 radical (unpaired) electrons. The lowest BCUT2D eigenvalue weighted by Crippen LogP contribution is -1.98. The summed E-state index contributed by atoms with van der Waals surface area (Å²) in [6.07, 6.45) is 0. The molecule has 0 unspecified atom stereocenters. The summed E-state index contributed by atoms with van der Waals surface area (Å²) < 4.78 is 2.45. The van der Waals surface area contributed by atoms with Gasteiger partial charge in [-0.1, -0.05) is 164 Å². The van der Waals surface area contributed by atoms with Crippen molar-refractivity contribution in [3.8, 4) is 39.6 Å². The molecule has 0 aliphatic heterocycles. The lowest BCUT2D eigenvalue weighted by Gasteiger charge is -2.17. The molecule has 0 spiro atoms. The van der Waals surface area contributed by atoms with E-state index < -0.39 is 0 Å². The highest BCUT2D eigenvalue weighted by atomic mass is 15.0. The van der Waals surface area contributed by atoms with E-state index >= 15 is 0 Å². The van der Waals surface area contributed by atoms with E-state index in [0.717, 1.165) is 39.2 Å². The summed E-state index contributed by atoms with van der Waals surface area (Å²) in [6.45, 7) is 0.